The summed E-state index contributed by atoms with van der Waals surface area (Å²) in [7, 11) is -3.55. The average molecular weight is 496 g/mol. The molecule has 0 spiro atoms. The monoisotopic (exact) mass is 495 g/mol. The largest absolute Gasteiger partial charge is 0.467 e. The number of anilines is 1. The third-order valence-corrected chi connectivity index (χ3v) is 7.34. The predicted molar refractivity (Wildman–Crippen MR) is 135 cm³/mol. The van der Waals surface area contributed by atoms with Gasteiger partial charge in [0.15, 0.2) is 0 Å². The van der Waals surface area contributed by atoms with Crippen molar-refractivity contribution in [1.29, 1.82) is 0 Å². The fourth-order valence-electron chi connectivity index (χ4n) is 3.43. The highest BCUT2D eigenvalue weighted by molar-refractivity contribution is 7.89. The number of para-hydroxylation sites is 1. The molecule has 1 heterocycles. The third kappa shape index (κ3) is 7.14. The smallest absolute Gasteiger partial charge is 0.247 e. The van der Waals surface area contributed by atoms with Crippen LogP contribution in [0.25, 0.3) is 6.08 Å². The first-order chi connectivity index (χ1) is 16.8. The fourth-order valence-corrected chi connectivity index (χ4v) is 4.89. The number of sulfonamides is 1. The molecule has 0 aliphatic carbocycles. The Labute approximate surface area is 205 Å². The molecule has 0 atom stereocenters. The Hall–Kier alpha value is -3.69. The quantitative estimate of drug-likeness (QED) is 0.406. The van der Waals surface area contributed by atoms with Gasteiger partial charge in [0, 0.05) is 24.9 Å². The average Bonchev–Trinajstić information content (AvgIpc) is 3.37. The molecular weight excluding hydrogens is 466 g/mol. The second-order valence-electron chi connectivity index (χ2n) is 7.68. The zero-order valence-electron chi connectivity index (χ0n) is 19.8. The Kier molecular flexibility index (Phi) is 8.99. The van der Waals surface area contributed by atoms with Gasteiger partial charge in [0.05, 0.1) is 17.7 Å². The molecule has 3 rings (SSSR count). The number of carbonyl (C=O) groups excluding carboxylic acids is 2. The number of nitrogens with one attached hydrogen (secondary N) is 1. The topological polar surface area (TPSA) is 99.9 Å². The lowest BCUT2D eigenvalue weighted by Crippen LogP contribution is -2.36. The minimum absolute atomic E-state index is 0.124. The molecule has 8 nitrogen and oxygen atoms in total. The summed E-state index contributed by atoms with van der Waals surface area (Å²) in [5, 5.41) is 2.77. The minimum Gasteiger partial charge on any atom is -0.467 e. The zero-order chi connectivity index (χ0) is 25.3. The van der Waals surface area contributed by atoms with E-state index in [1.54, 1.807) is 56.3 Å². The summed E-state index contributed by atoms with van der Waals surface area (Å²) >= 11 is 0. The SMILES string of the molecule is CCN(CC)S(=O)(=O)c1ccc(/C=C/C(=O)N(CC(=O)Nc2ccccc2)Cc2ccco2)cc1. The molecule has 9 heteroatoms. The molecule has 2 amide bonds. The molecule has 2 aromatic carbocycles. The lowest BCUT2D eigenvalue weighted by molar-refractivity contribution is -0.131. The van der Waals surface area contributed by atoms with E-state index >= 15 is 0 Å². The molecule has 3 aromatic rings. The highest BCUT2D eigenvalue weighted by Crippen LogP contribution is 2.17. The van der Waals surface area contributed by atoms with E-state index in [0.29, 0.717) is 30.1 Å². The first-order valence-corrected chi connectivity index (χ1v) is 12.7. The summed E-state index contributed by atoms with van der Waals surface area (Å²) in [4.78, 5) is 27.0. The Morgan fingerprint density at radius 3 is 2.23 bits per heavy atom. The van der Waals surface area contributed by atoms with Crippen LogP contribution in [0.15, 0.2) is 88.4 Å². The maximum absolute atomic E-state index is 12.9. The number of rotatable bonds is 11. The molecule has 1 aromatic heterocycles. The van der Waals surface area contributed by atoms with Crippen molar-refractivity contribution in [1.82, 2.24) is 9.21 Å². The van der Waals surface area contributed by atoms with Crippen molar-refractivity contribution in [3.8, 4) is 0 Å². The van der Waals surface area contributed by atoms with Gasteiger partial charge >= 0.3 is 0 Å². The van der Waals surface area contributed by atoms with Crippen LogP contribution in [0.2, 0.25) is 0 Å². The Bertz CT molecular complexity index is 1230. The van der Waals surface area contributed by atoms with Crippen LogP contribution in [0, 0.1) is 0 Å². The number of furan rings is 1. The number of hydrogen-bond acceptors (Lipinski definition) is 5. The molecule has 0 saturated heterocycles. The van der Waals surface area contributed by atoms with Gasteiger partial charge in [-0.2, -0.15) is 4.31 Å². The number of benzene rings is 2. The normalized spacial score (nSPS) is 11.6. The van der Waals surface area contributed by atoms with Crippen LogP contribution in [0.5, 0.6) is 0 Å². The van der Waals surface area contributed by atoms with E-state index in [1.807, 2.05) is 18.2 Å². The van der Waals surface area contributed by atoms with Crippen molar-refractivity contribution in [3.05, 3.63) is 90.4 Å². The Morgan fingerprint density at radius 2 is 1.63 bits per heavy atom. The number of hydrogen-bond donors (Lipinski definition) is 1. The molecule has 0 aliphatic heterocycles. The molecule has 0 unspecified atom stereocenters. The van der Waals surface area contributed by atoms with Crippen LogP contribution < -0.4 is 5.32 Å². The third-order valence-electron chi connectivity index (χ3n) is 5.27. The Balaban J connectivity index is 1.71. The lowest BCUT2D eigenvalue weighted by atomic mass is 10.2. The first kappa shape index (κ1) is 25.9. The molecule has 0 fully saturated rings. The first-order valence-electron chi connectivity index (χ1n) is 11.3. The van der Waals surface area contributed by atoms with Crippen molar-refractivity contribution < 1.29 is 22.4 Å². The van der Waals surface area contributed by atoms with Crippen molar-refractivity contribution >= 4 is 33.6 Å². The molecule has 0 radical (unpaired) electrons. The van der Waals surface area contributed by atoms with Crippen LogP contribution in [0.4, 0.5) is 5.69 Å². The maximum Gasteiger partial charge on any atom is 0.247 e. The van der Waals surface area contributed by atoms with Gasteiger partial charge in [-0.15, -0.1) is 0 Å². The predicted octanol–water partition coefficient (Wildman–Crippen LogP) is 3.99. The molecule has 0 saturated carbocycles. The highest BCUT2D eigenvalue weighted by atomic mass is 32.2. The van der Waals surface area contributed by atoms with Gasteiger partial charge in [-0.25, -0.2) is 8.42 Å². The van der Waals surface area contributed by atoms with Gasteiger partial charge in [0.1, 0.15) is 12.3 Å². The van der Waals surface area contributed by atoms with Gasteiger partial charge in [0.25, 0.3) is 0 Å². The van der Waals surface area contributed by atoms with Crippen LogP contribution in [-0.2, 0) is 26.2 Å². The van der Waals surface area contributed by atoms with Crippen LogP contribution >= 0.6 is 0 Å². The molecule has 184 valence electrons. The van der Waals surface area contributed by atoms with Crippen molar-refractivity contribution in [2.45, 2.75) is 25.3 Å². The van der Waals surface area contributed by atoms with Gasteiger partial charge < -0.3 is 14.6 Å². The second-order valence-corrected chi connectivity index (χ2v) is 9.62. The van der Waals surface area contributed by atoms with E-state index in [4.69, 9.17) is 4.42 Å². The van der Waals surface area contributed by atoms with Gasteiger partial charge in [-0.05, 0) is 48.0 Å². The zero-order valence-corrected chi connectivity index (χ0v) is 20.6. The van der Waals surface area contributed by atoms with Crippen molar-refractivity contribution in [2.24, 2.45) is 0 Å². The van der Waals surface area contributed by atoms with Crippen LogP contribution in [0.1, 0.15) is 25.2 Å². The van der Waals surface area contributed by atoms with E-state index in [1.165, 1.54) is 33.7 Å². The van der Waals surface area contributed by atoms with E-state index in [0.717, 1.165) is 0 Å². The van der Waals surface area contributed by atoms with E-state index in [9.17, 15) is 18.0 Å². The van der Waals surface area contributed by atoms with E-state index in [2.05, 4.69) is 5.32 Å². The molecular formula is C26H29N3O5S. The van der Waals surface area contributed by atoms with Gasteiger partial charge in [0.2, 0.25) is 21.8 Å². The van der Waals surface area contributed by atoms with Crippen LogP contribution in [-0.4, -0.2) is 49.1 Å². The summed E-state index contributed by atoms with van der Waals surface area (Å²) in [6, 6.07) is 18.8. The molecule has 0 bridgehead atoms. The number of amides is 2. The maximum atomic E-state index is 12.9. The Morgan fingerprint density at radius 1 is 0.943 bits per heavy atom. The van der Waals surface area contributed by atoms with Gasteiger partial charge in [-0.3, -0.25) is 9.59 Å². The summed E-state index contributed by atoms with van der Waals surface area (Å²) in [6.07, 6.45) is 4.44. The molecule has 1 N–H and O–H groups in total. The summed E-state index contributed by atoms with van der Waals surface area (Å²) in [6.45, 7) is 4.31. The standard InChI is InChI=1S/C26H29N3O5S/c1-3-29(4-2)35(32,33)24-15-12-21(13-16-24)14-17-26(31)28(19-23-11-8-18-34-23)20-25(30)27-22-9-6-5-7-10-22/h5-18H,3-4,19-20H2,1-2H3,(H,27,30)/b17-14+. The van der Waals surface area contributed by atoms with Crippen molar-refractivity contribution in [3.63, 3.8) is 0 Å². The number of nitrogens with zero attached hydrogens (tertiary/aromatic N) is 2. The summed E-state index contributed by atoms with van der Waals surface area (Å²) in [5.74, 6) is -0.176. The van der Waals surface area contributed by atoms with Gasteiger partial charge in [-0.1, -0.05) is 44.2 Å². The van der Waals surface area contributed by atoms with Crippen LogP contribution in [0.3, 0.4) is 0 Å². The second kappa shape index (κ2) is 12.1. The lowest BCUT2D eigenvalue weighted by Gasteiger charge is -2.20. The van der Waals surface area contributed by atoms with Crippen molar-refractivity contribution in [2.75, 3.05) is 25.0 Å². The van der Waals surface area contributed by atoms with E-state index < -0.39 is 10.0 Å². The minimum atomic E-state index is -3.55. The molecule has 0 aliphatic rings. The highest BCUT2D eigenvalue weighted by Gasteiger charge is 2.21. The van der Waals surface area contributed by atoms with E-state index in [-0.39, 0.29) is 29.8 Å². The summed E-state index contributed by atoms with van der Waals surface area (Å²) < 4.78 is 32.0. The summed E-state index contributed by atoms with van der Waals surface area (Å²) in [5.41, 5.74) is 1.29. The fraction of sp³-hybridized carbons (Fsp3) is 0.231. The number of carbonyl (C=O) groups is 2. The molecule has 35 heavy (non-hydrogen) atoms.